The lowest BCUT2D eigenvalue weighted by molar-refractivity contribution is -0.137. The van der Waals surface area contributed by atoms with E-state index in [1.165, 1.54) is 12.1 Å². The number of hydrogen-bond donors (Lipinski definition) is 1. The predicted molar refractivity (Wildman–Crippen MR) is 140 cm³/mol. The number of hydrogen-bond acceptors (Lipinski definition) is 4. The number of pyridine rings is 1. The molecule has 1 N–H and O–H groups in total. The Morgan fingerprint density at radius 2 is 1.80 bits per heavy atom. The molecule has 5 rings (SSSR count). The SMILES string of the molecule is Br.Br.Br.O=C(c1cc(C(F)(F)F)ccn1)[C@@]12CNCCC1=Cc1c(cnn1-c1ccc(F)cc1)C2. The van der Waals surface area contributed by atoms with Crippen LogP contribution in [-0.4, -0.2) is 33.6 Å². The minimum Gasteiger partial charge on any atom is -0.315 e. The average molecular weight is 685 g/mol. The van der Waals surface area contributed by atoms with Crippen LogP contribution in [0.1, 0.15) is 33.7 Å². The summed E-state index contributed by atoms with van der Waals surface area (Å²) < 4.78 is 54.6. The second-order valence-electron chi connectivity index (χ2n) is 8.06. The van der Waals surface area contributed by atoms with Gasteiger partial charge in [-0.2, -0.15) is 18.3 Å². The lowest BCUT2D eigenvalue weighted by Gasteiger charge is -2.41. The summed E-state index contributed by atoms with van der Waals surface area (Å²) in [6.45, 7) is 0.952. The van der Waals surface area contributed by atoms with Crippen LogP contribution in [0.3, 0.4) is 0 Å². The number of fused-ring (bicyclic) bond motifs is 2. The van der Waals surface area contributed by atoms with Gasteiger partial charge in [-0.1, -0.05) is 5.57 Å². The summed E-state index contributed by atoms with van der Waals surface area (Å²) in [5.74, 6) is -0.799. The summed E-state index contributed by atoms with van der Waals surface area (Å²) in [6.07, 6.45) is 0.858. The molecule has 1 saturated heterocycles. The molecule has 0 spiro atoms. The van der Waals surface area contributed by atoms with Gasteiger partial charge in [-0.05, 0) is 67.4 Å². The third kappa shape index (κ3) is 5.30. The molecule has 1 fully saturated rings. The number of nitrogens with zero attached hydrogens (tertiary/aromatic N) is 3. The van der Waals surface area contributed by atoms with E-state index < -0.39 is 22.9 Å². The van der Waals surface area contributed by atoms with Crippen molar-refractivity contribution in [1.29, 1.82) is 0 Å². The second-order valence-corrected chi connectivity index (χ2v) is 8.06. The highest BCUT2D eigenvalue weighted by Crippen LogP contribution is 2.44. The van der Waals surface area contributed by atoms with Crippen LogP contribution in [0.25, 0.3) is 11.8 Å². The Balaban J connectivity index is 0.00000144. The highest BCUT2D eigenvalue weighted by molar-refractivity contribution is 8.93. The number of ketones is 1. The van der Waals surface area contributed by atoms with E-state index in [0.29, 0.717) is 31.6 Å². The van der Waals surface area contributed by atoms with E-state index in [0.717, 1.165) is 35.2 Å². The second kappa shape index (κ2) is 11.0. The summed E-state index contributed by atoms with van der Waals surface area (Å²) in [4.78, 5) is 17.5. The molecule has 0 amide bonds. The monoisotopic (exact) mass is 682 g/mol. The van der Waals surface area contributed by atoms with Gasteiger partial charge in [-0.25, -0.2) is 9.07 Å². The number of nitrogens with one attached hydrogen (secondary N) is 1. The summed E-state index contributed by atoms with van der Waals surface area (Å²) in [6, 6.07) is 7.59. The van der Waals surface area contributed by atoms with Crippen LogP contribution < -0.4 is 5.32 Å². The quantitative estimate of drug-likeness (QED) is 0.273. The number of carbonyl (C=O) groups is 1. The van der Waals surface area contributed by atoms with Gasteiger partial charge in [0.15, 0.2) is 5.78 Å². The number of rotatable bonds is 3. The van der Waals surface area contributed by atoms with Gasteiger partial charge in [0.2, 0.25) is 0 Å². The smallest absolute Gasteiger partial charge is 0.315 e. The number of benzene rings is 1. The predicted octanol–water partition coefficient (Wildman–Crippen LogP) is 5.96. The number of aromatic nitrogens is 3. The van der Waals surface area contributed by atoms with Gasteiger partial charge in [0, 0.05) is 12.7 Å². The lowest BCUT2D eigenvalue weighted by atomic mass is 9.65. The summed E-state index contributed by atoms with van der Waals surface area (Å²) in [7, 11) is 0. The zero-order valence-electron chi connectivity index (χ0n) is 18.0. The minimum absolute atomic E-state index is 0. The molecule has 5 nitrogen and oxygen atoms in total. The highest BCUT2D eigenvalue weighted by atomic mass is 79.9. The van der Waals surface area contributed by atoms with Gasteiger partial charge in [-0.3, -0.25) is 9.78 Å². The first-order valence-corrected chi connectivity index (χ1v) is 10.1. The van der Waals surface area contributed by atoms with Crippen molar-refractivity contribution in [2.75, 3.05) is 13.1 Å². The van der Waals surface area contributed by atoms with Crippen molar-refractivity contribution in [3.63, 3.8) is 0 Å². The van der Waals surface area contributed by atoms with Crippen LogP contribution in [0, 0.1) is 11.2 Å². The minimum atomic E-state index is -4.56. The van der Waals surface area contributed by atoms with Gasteiger partial charge in [0.1, 0.15) is 11.5 Å². The van der Waals surface area contributed by atoms with Gasteiger partial charge >= 0.3 is 6.18 Å². The normalized spacial score (nSPS) is 18.6. The number of alkyl halides is 3. The maximum absolute atomic E-state index is 13.6. The van der Waals surface area contributed by atoms with E-state index in [9.17, 15) is 22.4 Å². The molecule has 3 aromatic rings. The Bertz CT molecular complexity index is 1240. The van der Waals surface area contributed by atoms with Gasteiger partial charge in [0.25, 0.3) is 0 Å². The summed E-state index contributed by atoms with van der Waals surface area (Å²) in [5.41, 5.74) is 0.953. The van der Waals surface area contributed by atoms with Crippen LogP contribution in [0.4, 0.5) is 17.6 Å². The lowest BCUT2D eigenvalue weighted by Crippen LogP contribution is -2.50. The van der Waals surface area contributed by atoms with E-state index in [2.05, 4.69) is 15.4 Å². The first-order valence-electron chi connectivity index (χ1n) is 10.1. The Kier molecular flexibility index (Phi) is 9.24. The average Bonchev–Trinajstić information content (AvgIpc) is 3.19. The number of carbonyl (C=O) groups excluding carboxylic acids is 1. The first kappa shape index (κ1) is 29.3. The van der Waals surface area contributed by atoms with E-state index in [4.69, 9.17) is 0 Å². The van der Waals surface area contributed by atoms with Crippen molar-refractivity contribution < 1.29 is 22.4 Å². The zero-order valence-corrected chi connectivity index (χ0v) is 23.2. The molecule has 0 saturated carbocycles. The first-order chi connectivity index (χ1) is 15.3. The third-order valence-electron chi connectivity index (χ3n) is 6.13. The number of piperidine rings is 1. The number of Topliss-reactive ketones (excluding diaryl/α,β-unsaturated/α-hetero) is 1. The Hall–Kier alpha value is -1.89. The topological polar surface area (TPSA) is 59.8 Å². The molecule has 12 heteroatoms. The Labute approximate surface area is 230 Å². The van der Waals surface area contributed by atoms with Gasteiger partial charge in [-0.15, -0.1) is 50.9 Å². The highest BCUT2D eigenvalue weighted by Gasteiger charge is 2.47. The molecule has 3 heterocycles. The Morgan fingerprint density at radius 1 is 1.09 bits per heavy atom. The molecule has 1 atom stereocenters. The van der Waals surface area contributed by atoms with E-state index in [-0.39, 0.29) is 62.5 Å². The zero-order chi connectivity index (χ0) is 22.5. The van der Waals surface area contributed by atoms with Crippen molar-refractivity contribution in [3.05, 3.63) is 82.7 Å². The van der Waals surface area contributed by atoms with Crippen LogP contribution in [0.2, 0.25) is 0 Å². The molecule has 1 aliphatic heterocycles. The van der Waals surface area contributed by atoms with Gasteiger partial charge in [0.05, 0.1) is 28.6 Å². The standard InChI is InChI=1S/C23H18F4N4O.3BrH/c24-17-1-3-18(4-2-17)31-20-10-15-5-7-28-13-22(15,11-14(20)12-30-31)21(32)19-9-16(6-8-29-19)23(25,26)27;;;/h1-4,6,8-10,12,28H,5,7,11,13H2;3*1H/t22-;;;/m0.../s1. The largest absolute Gasteiger partial charge is 0.416 e. The summed E-state index contributed by atoms with van der Waals surface area (Å²) >= 11 is 0. The van der Waals surface area contributed by atoms with Crippen LogP contribution in [0.5, 0.6) is 0 Å². The van der Waals surface area contributed by atoms with Gasteiger partial charge < -0.3 is 5.32 Å². The number of halogens is 7. The molecular formula is C23H21Br3F4N4O. The maximum Gasteiger partial charge on any atom is 0.416 e. The molecule has 0 bridgehead atoms. The molecule has 2 aromatic heterocycles. The van der Waals surface area contributed by atoms with Crippen molar-refractivity contribution in [2.24, 2.45) is 5.41 Å². The fourth-order valence-corrected chi connectivity index (χ4v) is 4.51. The van der Waals surface area contributed by atoms with E-state index in [1.807, 2.05) is 6.08 Å². The molecule has 1 aliphatic carbocycles. The molecule has 35 heavy (non-hydrogen) atoms. The van der Waals surface area contributed by atoms with Crippen molar-refractivity contribution >= 4 is 62.8 Å². The van der Waals surface area contributed by atoms with Crippen LogP contribution in [0.15, 0.2) is 54.4 Å². The molecular weight excluding hydrogens is 664 g/mol. The molecule has 188 valence electrons. The van der Waals surface area contributed by atoms with Crippen LogP contribution >= 0.6 is 50.9 Å². The Morgan fingerprint density at radius 3 is 2.49 bits per heavy atom. The van der Waals surface area contributed by atoms with E-state index >= 15 is 0 Å². The molecule has 1 aromatic carbocycles. The third-order valence-corrected chi connectivity index (χ3v) is 6.13. The fraction of sp³-hybridized carbons (Fsp3) is 0.261. The molecule has 0 unspecified atom stereocenters. The van der Waals surface area contributed by atoms with Crippen molar-refractivity contribution in [1.82, 2.24) is 20.1 Å². The molecule has 0 radical (unpaired) electrons. The van der Waals surface area contributed by atoms with Crippen molar-refractivity contribution in [2.45, 2.75) is 19.0 Å². The van der Waals surface area contributed by atoms with E-state index in [1.54, 1.807) is 23.0 Å². The van der Waals surface area contributed by atoms with Crippen molar-refractivity contribution in [3.8, 4) is 5.69 Å². The van der Waals surface area contributed by atoms with Crippen LogP contribution in [-0.2, 0) is 12.6 Å². The fourth-order valence-electron chi connectivity index (χ4n) is 4.51. The molecule has 2 aliphatic rings. The maximum atomic E-state index is 13.6. The summed E-state index contributed by atoms with van der Waals surface area (Å²) in [5, 5.41) is 7.63.